The van der Waals surface area contributed by atoms with Crippen molar-refractivity contribution < 1.29 is 27.8 Å². The summed E-state index contributed by atoms with van der Waals surface area (Å²) in [5, 5.41) is 3.14. The van der Waals surface area contributed by atoms with Crippen molar-refractivity contribution in [2.24, 2.45) is 0 Å². The van der Waals surface area contributed by atoms with Gasteiger partial charge in [0.1, 0.15) is 5.75 Å². The molecule has 0 aromatic heterocycles. The third kappa shape index (κ3) is 7.03. The molecule has 0 aliphatic heterocycles. The molecule has 1 amide bonds. The van der Waals surface area contributed by atoms with Crippen LogP contribution in [-0.2, 0) is 14.3 Å². The van der Waals surface area contributed by atoms with E-state index in [2.05, 4.69) is 5.32 Å². The third-order valence-electron chi connectivity index (χ3n) is 3.24. The van der Waals surface area contributed by atoms with Crippen LogP contribution in [0.2, 0.25) is 10.0 Å². The van der Waals surface area contributed by atoms with Crippen molar-refractivity contribution in [3.05, 3.63) is 58.1 Å². The molecule has 5 nitrogen and oxygen atoms in total. The molecule has 0 atom stereocenters. The van der Waals surface area contributed by atoms with E-state index in [1.54, 1.807) is 12.1 Å². The molecule has 2 aromatic rings. The summed E-state index contributed by atoms with van der Waals surface area (Å²) < 4.78 is 36.1. The second-order valence-electron chi connectivity index (χ2n) is 5.36. The molecule has 0 radical (unpaired) electrons. The lowest BCUT2D eigenvalue weighted by Gasteiger charge is -2.09. The summed E-state index contributed by atoms with van der Waals surface area (Å²) in [6.45, 7) is -0.320. The number of hydrogen-bond donors (Lipinski definition) is 1. The monoisotopic (exact) mass is 417 g/mol. The van der Waals surface area contributed by atoms with Crippen molar-refractivity contribution in [1.29, 1.82) is 0 Å². The molecule has 0 aliphatic rings. The zero-order valence-electron chi connectivity index (χ0n) is 13.9. The van der Waals surface area contributed by atoms with Crippen molar-refractivity contribution >= 4 is 40.8 Å². The van der Waals surface area contributed by atoms with Gasteiger partial charge in [0.15, 0.2) is 18.2 Å². The molecule has 27 heavy (non-hydrogen) atoms. The number of benzene rings is 2. The molecule has 0 saturated heterocycles. The van der Waals surface area contributed by atoms with Crippen LogP contribution in [0.5, 0.6) is 5.75 Å². The molecule has 144 valence electrons. The first-order valence-corrected chi connectivity index (χ1v) is 8.59. The molecule has 9 heteroatoms. The van der Waals surface area contributed by atoms with Gasteiger partial charge in [-0.2, -0.15) is 0 Å². The van der Waals surface area contributed by atoms with Crippen molar-refractivity contribution in [1.82, 2.24) is 0 Å². The van der Waals surface area contributed by atoms with Gasteiger partial charge in [0.2, 0.25) is 0 Å². The van der Waals surface area contributed by atoms with E-state index in [0.29, 0.717) is 22.2 Å². The largest absolute Gasteiger partial charge is 0.492 e. The second kappa shape index (κ2) is 10.1. The van der Waals surface area contributed by atoms with E-state index >= 15 is 0 Å². The standard InChI is InChI=1S/C18H15Cl2F2NO4/c19-11-3-6-16(13(20)8-11)26-7-1-2-18(25)27-10-17(24)23-12-4-5-14(21)15(22)9-12/h3-6,8-9H,1-2,7,10H2,(H,23,24). The number of amides is 1. The Morgan fingerprint density at radius 3 is 2.52 bits per heavy atom. The zero-order valence-corrected chi connectivity index (χ0v) is 15.4. The first-order chi connectivity index (χ1) is 12.8. The third-order valence-corrected chi connectivity index (χ3v) is 3.77. The highest BCUT2D eigenvalue weighted by atomic mass is 35.5. The summed E-state index contributed by atoms with van der Waals surface area (Å²) in [6.07, 6.45) is 0.381. The average Bonchev–Trinajstić information content (AvgIpc) is 2.61. The number of anilines is 1. The molecular weight excluding hydrogens is 403 g/mol. The van der Waals surface area contributed by atoms with Gasteiger partial charge in [-0.25, -0.2) is 8.78 Å². The highest BCUT2D eigenvalue weighted by molar-refractivity contribution is 6.35. The normalized spacial score (nSPS) is 10.4. The van der Waals surface area contributed by atoms with E-state index in [4.69, 9.17) is 32.7 Å². The van der Waals surface area contributed by atoms with Crippen molar-refractivity contribution in [2.75, 3.05) is 18.5 Å². The minimum Gasteiger partial charge on any atom is -0.492 e. The van der Waals surface area contributed by atoms with E-state index < -0.39 is 30.1 Å². The van der Waals surface area contributed by atoms with Gasteiger partial charge < -0.3 is 14.8 Å². The van der Waals surface area contributed by atoms with Crippen LogP contribution in [0, 0.1) is 11.6 Å². The van der Waals surface area contributed by atoms with Gasteiger partial charge in [-0.15, -0.1) is 0 Å². The van der Waals surface area contributed by atoms with Crippen LogP contribution in [-0.4, -0.2) is 25.1 Å². The number of halogens is 4. The first kappa shape index (κ1) is 20.9. The summed E-state index contributed by atoms with van der Waals surface area (Å²) in [5.74, 6) is -2.94. The van der Waals surface area contributed by atoms with Crippen LogP contribution in [0.15, 0.2) is 36.4 Å². The molecule has 0 bridgehead atoms. The predicted molar refractivity (Wildman–Crippen MR) is 97.1 cm³/mol. The maximum atomic E-state index is 13.0. The zero-order chi connectivity index (χ0) is 19.8. The maximum Gasteiger partial charge on any atom is 0.306 e. The van der Waals surface area contributed by atoms with Gasteiger partial charge >= 0.3 is 5.97 Å². The Hall–Kier alpha value is -2.38. The lowest BCUT2D eigenvalue weighted by atomic mass is 10.3. The maximum absolute atomic E-state index is 13.0. The number of esters is 1. The molecule has 0 spiro atoms. The molecule has 2 aromatic carbocycles. The van der Waals surface area contributed by atoms with Gasteiger partial charge in [-0.1, -0.05) is 23.2 Å². The summed E-state index contributed by atoms with van der Waals surface area (Å²) in [5.41, 5.74) is 0.0585. The number of hydrogen-bond acceptors (Lipinski definition) is 4. The first-order valence-electron chi connectivity index (χ1n) is 7.83. The quantitative estimate of drug-likeness (QED) is 0.502. The molecule has 1 N–H and O–H groups in total. The minimum atomic E-state index is -1.09. The summed E-state index contributed by atoms with van der Waals surface area (Å²) in [6, 6.07) is 7.68. The number of nitrogens with one attached hydrogen (secondary N) is 1. The van der Waals surface area contributed by atoms with E-state index in [9.17, 15) is 18.4 Å². The second-order valence-corrected chi connectivity index (χ2v) is 6.21. The molecule has 0 fully saturated rings. The van der Waals surface area contributed by atoms with E-state index in [-0.39, 0.29) is 18.7 Å². The predicted octanol–water partition coefficient (Wildman–Crippen LogP) is 4.61. The minimum absolute atomic E-state index is 0.0314. The molecule has 0 saturated carbocycles. The highest BCUT2D eigenvalue weighted by Gasteiger charge is 2.10. The smallest absolute Gasteiger partial charge is 0.306 e. The Bertz CT molecular complexity index is 833. The number of carbonyl (C=O) groups is 2. The lowest BCUT2D eigenvalue weighted by molar-refractivity contribution is -0.147. The number of rotatable bonds is 8. The van der Waals surface area contributed by atoms with Crippen molar-refractivity contribution in [3.63, 3.8) is 0 Å². The van der Waals surface area contributed by atoms with Crippen molar-refractivity contribution in [3.8, 4) is 5.75 Å². The SMILES string of the molecule is O=C(COC(=O)CCCOc1ccc(Cl)cc1Cl)Nc1ccc(F)c(F)c1. The van der Waals surface area contributed by atoms with Gasteiger partial charge in [0.05, 0.1) is 11.6 Å². The summed E-state index contributed by atoms with van der Waals surface area (Å²) in [4.78, 5) is 23.2. The Labute approximate surface area is 164 Å². The molecule has 0 heterocycles. The Kier molecular flexibility index (Phi) is 7.82. The Morgan fingerprint density at radius 1 is 1.04 bits per heavy atom. The molecule has 0 unspecified atom stereocenters. The van der Waals surface area contributed by atoms with Crippen molar-refractivity contribution in [2.45, 2.75) is 12.8 Å². The topological polar surface area (TPSA) is 64.6 Å². The highest BCUT2D eigenvalue weighted by Crippen LogP contribution is 2.27. The fraction of sp³-hybridized carbons (Fsp3) is 0.222. The molecule has 2 rings (SSSR count). The van der Waals surface area contributed by atoms with Crippen LogP contribution >= 0.6 is 23.2 Å². The van der Waals surface area contributed by atoms with Crippen LogP contribution in [0.1, 0.15) is 12.8 Å². The fourth-order valence-electron chi connectivity index (χ4n) is 1.98. The van der Waals surface area contributed by atoms with Crippen LogP contribution in [0.4, 0.5) is 14.5 Å². The number of ether oxygens (including phenoxy) is 2. The molecule has 0 aliphatic carbocycles. The number of carbonyl (C=O) groups excluding carboxylic acids is 2. The summed E-state index contributed by atoms with van der Waals surface area (Å²) >= 11 is 11.7. The van der Waals surface area contributed by atoms with E-state index in [1.165, 1.54) is 12.1 Å². The van der Waals surface area contributed by atoms with Crippen LogP contribution in [0.3, 0.4) is 0 Å². The Balaban J connectivity index is 1.65. The van der Waals surface area contributed by atoms with Gasteiger partial charge in [-0.3, -0.25) is 9.59 Å². The van der Waals surface area contributed by atoms with Gasteiger partial charge in [-0.05, 0) is 36.8 Å². The van der Waals surface area contributed by atoms with E-state index in [1.807, 2.05) is 0 Å². The molecular formula is C18H15Cl2F2NO4. The van der Waals surface area contributed by atoms with Gasteiger partial charge in [0.25, 0.3) is 5.91 Å². The van der Waals surface area contributed by atoms with Crippen LogP contribution < -0.4 is 10.1 Å². The average molecular weight is 418 g/mol. The Morgan fingerprint density at radius 2 is 1.81 bits per heavy atom. The lowest BCUT2D eigenvalue weighted by Crippen LogP contribution is -2.21. The summed E-state index contributed by atoms with van der Waals surface area (Å²) in [7, 11) is 0. The van der Waals surface area contributed by atoms with Crippen LogP contribution in [0.25, 0.3) is 0 Å². The van der Waals surface area contributed by atoms with E-state index in [0.717, 1.165) is 12.1 Å². The fourth-order valence-corrected chi connectivity index (χ4v) is 2.44. The van der Waals surface area contributed by atoms with Gasteiger partial charge in [0, 0.05) is 23.2 Å².